The first-order valence-corrected chi connectivity index (χ1v) is 14.9. The summed E-state index contributed by atoms with van der Waals surface area (Å²) >= 11 is 0. The molecule has 0 heterocycles. The van der Waals surface area contributed by atoms with E-state index in [2.05, 4.69) is 169 Å². The van der Waals surface area contributed by atoms with Crippen molar-refractivity contribution in [2.45, 2.75) is 0 Å². The van der Waals surface area contributed by atoms with E-state index in [1.54, 1.807) is 0 Å². The number of para-hydroxylation sites is 1. The number of hydrogen-bond acceptors (Lipinski definition) is 1. The zero-order valence-corrected chi connectivity index (χ0v) is 23.5. The van der Waals surface area contributed by atoms with E-state index in [4.69, 9.17) is 0 Å². The fraction of sp³-hybridized carbons (Fsp3) is 0. The summed E-state index contributed by atoms with van der Waals surface area (Å²) in [5.41, 5.74) is 5.92. The van der Waals surface area contributed by atoms with Crippen LogP contribution in [0.3, 0.4) is 0 Å². The predicted molar refractivity (Wildman–Crippen MR) is 185 cm³/mol. The molecule has 0 radical (unpaired) electrons. The molecule has 0 aliphatic carbocycles. The van der Waals surface area contributed by atoms with Crippen molar-refractivity contribution in [3.63, 3.8) is 0 Å². The number of rotatable bonds is 4. The van der Waals surface area contributed by atoms with Crippen LogP contribution in [0.1, 0.15) is 0 Å². The van der Waals surface area contributed by atoms with Gasteiger partial charge in [0, 0.05) is 16.8 Å². The summed E-state index contributed by atoms with van der Waals surface area (Å²) in [4.78, 5) is 2.36. The highest BCUT2D eigenvalue weighted by Crippen LogP contribution is 2.44. The highest BCUT2D eigenvalue weighted by molar-refractivity contribution is 6.34. The van der Waals surface area contributed by atoms with Crippen LogP contribution in [0.4, 0.5) is 17.1 Å². The zero-order chi connectivity index (χ0) is 28.3. The van der Waals surface area contributed by atoms with Crippen LogP contribution in [0.15, 0.2) is 164 Å². The van der Waals surface area contributed by atoms with E-state index in [9.17, 15) is 0 Å². The average Bonchev–Trinajstić information content (AvgIpc) is 3.08. The lowest BCUT2D eigenvalue weighted by Gasteiger charge is -2.27. The smallest absolute Gasteiger partial charge is 0.0540 e. The Kier molecular flexibility index (Phi) is 5.27. The van der Waals surface area contributed by atoms with Crippen molar-refractivity contribution in [3.8, 4) is 11.1 Å². The molecule has 0 aliphatic rings. The molecule has 0 bridgehead atoms. The van der Waals surface area contributed by atoms with E-state index in [1.165, 1.54) is 70.7 Å². The molecule has 0 amide bonds. The molecule has 0 N–H and O–H groups in total. The molecular weight excluding hydrogens is 518 g/mol. The second kappa shape index (κ2) is 9.44. The number of fused-ring (bicyclic) bond motifs is 3. The molecule has 1 heteroatoms. The van der Waals surface area contributed by atoms with Gasteiger partial charge in [-0.1, -0.05) is 133 Å². The monoisotopic (exact) mass is 545 g/mol. The normalized spacial score (nSPS) is 11.7. The molecule has 1 nitrogen and oxygen atoms in total. The van der Waals surface area contributed by atoms with Crippen molar-refractivity contribution in [2.75, 3.05) is 4.90 Å². The van der Waals surface area contributed by atoms with Gasteiger partial charge in [-0.25, -0.2) is 0 Å². The molecule has 0 saturated carbocycles. The highest BCUT2D eigenvalue weighted by atomic mass is 15.1. The van der Waals surface area contributed by atoms with Crippen molar-refractivity contribution in [1.82, 2.24) is 0 Å². The first-order valence-electron chi connectivity index (χ1n) is 14.9. The maximum Gasteiger partial charge on any atom is 0.0540 e. The largest absolute Gasteiger partial charge is 0.310 e. The van der Waals surface area contributed by atoms with Gasteiger partial charge in [0.05, 0.1) is 5.69 Å². The quantitative estimate of drug-likeness (QED) is 0.157. The Morgan fingerprint density at radius 2 is 0.837 bits per heavy atom. The molecule has 0 atom stereocenters. The van der Waals surface area contributed by atoms with Crippen LogP contribution < -0.4 is 4.90 Å². The lowest BCUT2D eigenvalue weighted by molar-refractivity contribution is 1.30. The molecule has 0 aliphatic heterocycles. The lowest BCUT2D eigenvalue weighted by atomic mass is 9.87. The molecule has 0 aromatic heterocycles. The molecule has 0 fully saturated rings. The molecule has 9 aromatic rings. The van der Waals surface area contributed by atoms with Crippen molar-refractivity contribution in [2.24, 2.45) is 0 Å². The minimum absolute atomic E-state index is 1.13. The van der Waals surface area contributed by atoms with Crippen LogP contribution in [0.5, 0.6) is 0 Å². The highest BCUT2D eigenvalue weighted by Gasteiger charge is 2.17. The van der Waals surface area contributed by atoms with Crippen LogP contribution in [0.2, 0.25) is 0 Å². The fourth-order valence-electron chi connectivity index (χ4n) is 7.09. The predicted octanol–water partition coefficient (Wildman–Crippen LogP) is 12.0. The molecular formula is C42H27N. The van der Waals surface area contributed by atoms with Gasteiger partial charge in [0.2, 0.25) is 0 Å². The van der Waals surface area contributed by atoms with Gasteiger partial charge in [0.25, 0.3) is 0 Å². The average molecular weight is 546 g/mol. The third-order valence-electron chi connectivity index (χ3n) is 8.98. The third-order valence-corrected chi connectivity index (χ3v) is 8.98. The minimum atomic E-state index is 1.13. The van der Waals surface area contributed by atoms with Crippen molar-refractivity contribution < 1.29 is 0 Å². The van der Waals surface area contributed by atoms with Gasteiger partial charge in [-0.15, -0.1) is 0 Å². The molecule has 43 heavy (non-hydrogen) atoms. The first kappa shape index (κ1) is 24.0. The van der Waals surface area contributed by atoms with Gasteiger partial charge in [-0.2, -0.15) is 0 Å². The van der Waals surface area contributed by atoms with Crippen molar-refractivity contribution in [1.29, 1.82) is 0 Å². The summed E-state index contributed by atoms with van der Waals surface area (Å²) < 4.78 is 0. The SMILES string of the molecule is c1ccc(N(c2ccc(-c3ccc4c5cccc6cccc(c7cccc3c74)c65)cc2)c2cccc3ccccc23)cc1. The van der Waals surface area contributed by atoms with Crippen LogP contribution in [0, 0.1) is 0 Å². The summed E-state index contributed by atoms with van der Waals surface area (Å²) in [6, 6.07) is 59.7. The summed E-state index contributed by atoms with van der Waals surface area (Å²) in [7, 11) is 0. The van der Waals surface area contributed by atoms with Crippen LogP contribution in [-0.2, 0) is 0 Å². The van der Waals surface area contributed by atoms with Gasteiger partial charge in [0.15, 0.2) is 0 Å². The summed E-state index contributed by atoms with van der Waals surface area (Å²) in [6.07, 6.45) is 0. The van der Waals surface area contributed by atoms with E-state index in [0.717, 1.165) is 11.4 Å². The number of anilines is 3. The Morgan fingerprint density at radius 1 is 0.302 bits per heavy atom. The van der Waals surface area contributed by atoms with Gasteiger partial charge >= 0.3 is 0 Å². The zero-order valence-electron chi connectivity index (χ0n) is 23.5. The maximum atomic E-state index is 2.36. The topological polar surface area (TPSA) is 3.24 Å². The van der Waals surface area contributed by atoms with E-state index in [0.29, 0.717) is 0 Å². The van der Waals surface area contributed by atoms with Gasteiger partial charge in [-0.3, -0.25) is 0 Å². The Balaban J connectivity index is 1.23. The third kappa shape index (κ3) is 3.65. The van der Waals surface area contributed by atoms with E-state index in [1.807, 2.05) is 0 Å². The van der Waals surface area contributed by atoms with Crippen LogP contribution in [-0.4, -0.2) is 0 Å². The lowest BCUT2D eigenvalue weighted by Crippen LogP contribution is -2.10. The number of hydrogen-bond donors (Lipinski definition) is 0. The second-order valence-electron chi connectivity index (χ2n) is 11.3. The van der Waals surface area contributed by atoms with E-state index >= 15 is 0 Å². The van der Waals surface area contributed by atoms with Gasteiger partial charge in [0.1, 0.15) is 0 Å². The van der Waals surface area contributed by atoms with E-state index < -0.39 is 0 Å². The Labute approximate surface area is 250 Å². The Morgan fingerprint density at radius 3 is 1.63 bits per heavy atom. The summed E-state index contributed by atoms with van der Waals surface area (Å²) in [5, 5.41) is 13.1. The van der Waals surface area contributed by atoms with E-state index in [-0.39, 0.29) is 0 Å². The van der Waals surface area contributed by atoms with Crippen molar-refractivity contribution in [3.05, 3.63) is 164 Å². The molecule has 0 saturated heterocycles. The summed E-state index contributed by atoms with van der Waals surface area (Å²) in [6.45, 7) is 0. The number of nitrogens with zero attached hydrogens (tertiary/aromatic N) is 1. The number of benzene rings is 9. The second-order valence-corrected chi connectivity index (χ2v) is 11.3. The molecule has 0 unspecified atom stereocenters. The van der Waals surface area contributed by atoms with Crippen LogP contribution >= 0.6 is 0 Å². The Hall–Kier alpha value is -5.66. The van der Waals surface area contributed by atoms with Gasteiger partial charge < -0.3 is 4.90 Å². The van der Waals surface area contributed by atoms with Gasteiger partial charge in [-0.05, 0) is 89.9 Å². The first-order chi connectivity index (χ1) is 21.3. The maximum absolute atomic E-state index is 2.36. The molecule has 200 valence electrons. The molecule has 9 rings (SSSR count). The standard InChI is InChI=1S/C42H27N/c1-2-14-31(15-3-1)43(40-21-8-11-28-10-4-5-16-34(28)40)32-24-22-29(23-25-32)33-26-27-39-37-18-7-13-30-12-6-17-36(41(30)37)38-20-9-19-35(33)42(38)39/h1-27H. The molecule has 9 aromatic carbocycles. The Bertz CT molecular complexity index is 2380. The van der Waals surface area contributed by atoms with Crippen molar-refractivity contribution >= 4 is 70.9 Å². The summed E-state index contributed by atoms with van der Waals surface area (Å²) in [5.74, 6) is 0. The fourth-order valence-corrected chi connectivity index (χ4v) is 7.09. The molecule has 0 spiro atoms. The van der Waals surface area contributed by atoms with Crippen LogP contribution in [0.25, 0.3) is 65.0 Å². The minimum Gasteiger partial charge on any atom is -0.310 e.